The molecule has 6 heteroatoms. The molecule has 96 valence electrons. The van der Waals surface area contributed by atoms with Gasteiger partial charge >= 0.3 is 0 Å². The standard InChI is InChI=1S/C13H11ClN4O/c14-10-4-2-9(3-5-10)12-11(13(16)19)8-18(17-12)7-1-6-15/h2-5,8H,1,7H2,(H2,16,19). The number of hydrogen-bond acceptors (Lipinski definition) is 3. The maximum Gasteiger partial charge on any atom is 0.252 e. The highest BCUT2D eigenvalue weighted by atomic mass is 35.5. The molecule has 0 aliphatic carbocycles. The third-order valence-electron chi connectivity index (χ3n) is 2.60. The van der Waals surface area contributed by atoms with E-state index in [0.717, 1.165) is 5.56 Å². The zero-order valence-corrected chi connectivity index (χ0v) is 10.8. The van der Waals surface area contributed by atoms with Crippen molar-refractivity contribution in [2.24, 2.45) is 5.73 Å². The summed E-state index contributed by atoms with van der Waals surface area (Å²) in [5, 5.41) is 13.5. The molecule has 1 aromatic heterocycles. The van der Waals surface area contributed by atoms with E-state index in [-0.39, 0.29) is 0 Å². The lowest BCUT2D eigenvalue weighted by atomic mass is 10.1. The van der Waals surface area contributed by atoms with Crippen LogP contribution in [0.15, 0.2) is 30.5 Å². The Bertz CT molecular complexity index is 640. The molecule has 0 bridgehead atoms. The molecular weight excluding hydrogens is 264 g/mol. The Labute approximate surface area is 115 Å². The van der Waals surface area contributed by atoms with Crippen LogP contribution in [0.4, 0.5) is 0 Å². The molecular formula is C13H11ClN4O. The van der Waals surface area contributed by atoms with E-state index in [1.54, 1.807) is 35.1 Å². The van der Waals surface area contributed by atoms with Gasteiger partial charge in [-0.3, -0.25) is 9.48 Å². The molecule has 0 unspecified atom stereocenters. The SMILES string of the molecule is N#CCCn1cc(C(N)=O)c(-c2ccc(Cl)cc2)n1. The number of halogens is 1. The third-order valence-corrected chi connectivity index (χ3v) is 2.85. The Morgan fingerprint density at radius 3 is 2.68 bits per heavy atom. The summed E-state index contributed by atoms with van der Waals surface area (Å²) in [5.41, 5.74) is 6.93. The van der Waals surface area contributed by atoms with Crippen molar-refractivity contribution in [3.63, 3.8) is 0 Å². The zero-order chi connectivity index (χ0) is 13.8. The van der Waals surface area contributed by atoms with Gasteiger partial charge in [-0.15, -0.1) is 0 Å². The van der Waals surface area contributed by atoms with Gasteiger partial charge in [0, 0.05) is 16.8 Å². The second-order valence-electron chi connectivity index (χ2n) is 3.93. The summed E-state index contributed by atoms with van der Waals surface area (Å²) in [7, 11) is 0. The molecule has 2 N–H and O–H groups in total. The molecule has 0 fully saturated rings. The zero-order valence-electron chi connectivity index (χ0n) is 10.0. The number of carbonyl (C=O) groups is 1. The van der Waals surface area contributed by atoms with Crippen molar-refractivity contribution >= 4 is 17.5 Å². The lowest BCUT2D eigenvalue weighted by molar-refractivity contribution is 0.100. The fourth-order valence-electron chi connectivity index (χ4n) is 1.70. The Hall–Kier alpha value is -2.32. The van der Waals surface area contributed by atoms with Crippen molar-refractivity contribution in [3.05, 3.63) is 41.0 Å². The molecule has 0 saturated heterocycles. The van der Waals surface area contributed by atoms with Crippen LogP contribution in [-0.4, -0.2) is 15.7 Å². The van der Waals surface area contributed by atoms with Gasteiger partial charge in [-0.2, -0.15) is 10.4 Å². The van der Waals surface area contributed by atoms with Crippen molar-refractivity contribution in [1.29, 1.82) is 5.26 Å². The summed E-state index contributed by atoms with van der Waals surface area (Å²) in [6.07, 6.45) is 1.88. The first-order valence-electron chi connectivity index (χ1n) is 5.62. The van der Waals surface area contributed by atoms with Crippen LogP contribution in [0.3, 0.4) is 0 Å². The maximum absolute atomic E-state index is 11.4. The average molecular weight is 275 g/mol. The number of nitriles is 1. The van der Waals surface area contributed by atoms with E-state index in [1.165, 1.54) is 0 Å². The minimum Gasteiger partial charge on any atom is -0.365 e. The summed E-state index contributed by atoms with van der Waals surface area (Å²) in [5.74, 6) is -0.548. The minimum absolute atomic E-state index is 0.319. The molecule has 0 spiro atoms. The predicted molar refractivity (Wildman–Crippen MR) is 71.4 cm³/mol. The number of nitrogens with zero attached hydrogens (tertiary/aromatic N) is 3. The molecule has 1 heterocycles. The quantitative estimate of drug-likeness (QED) is 0.927. The lowest BCUT2D eigenvalue weighted by Crippen LogP contribution is -2.11. The van der Waals surface area contributed by atoms with E-state index in [2.05, 4.69) is 5.10 Å². The number of hydrogen-bond donors (Lipinski definition) is 1. The second-order valence-corrected chi connectivity index (χ2v) is 4.37. The molecule has 0 atom stereocenters. The highest BCUT2D eigenvalue weighted by molar-refractivity contribution is 6.30. The van der Waals surface area contributed by atoms with Crippen molar-refractivity contribution in [3.8, 4) is 17.3 Å². The number of aryl methyl sites for hydroxylation is 1. The number of primary amides is 1. The summed E-state index contributed by atoms with van der Waals surface area (Å²) in [6, 6.07) is 9.00. The monoisotopic (exact) mass is 274 g/mol. The van der Waals surface area contributed by atoms with Gasteiger partial charge in [0.15, 0.2) is 0 Å². The van der Waals surface area contributed by atoms with Crippen LogP contribution in [0.1, 0.15) is 16.8 Å². The van der Waals surface area contributed by atoms with Crippen molar-refractivity contribution < 1.29 is 4.79 Å². The van der Waals surface area contributed by atoms with Crippen molar-refractivity contribution in [1.82, 2.24) is 9.78 Å². The van der Waals surface area contributed by atoms with E-state index in [0.29, 0.717) is 29.2 Å². The summed E-state index contributed by atoms with van der Waals surface area (Å²) in [4.78, 5) is 11.4. The fourth-order valence-corrected chi connectivity index (χ4v) is 1.83. The van der Waals surface area contributed by atoms with Gasteiger partial charge in [-0.05, 0) is 12.1 Å². The van der Waals surface area contributed by atoms with Crippen LogP contribution >= 0.6 is 11.6 Å². The largest absolute Gasteiger partial charge is 0.365 e. The van der Waals surface area contributed by atoms with E-state index in [4.69, 9.17) is 22.6 Å². The normalized spacial score (nSPS) is 10.1. The van der Waals surface area contributed by atoms with E-state index < -0.39 is 5.91 Å². The van der Waals surface area contributed by atoms with Gasteiger partial charge in [0.25, 0.3) is 5.91 Å². The van der Waals surface area contributed by atoms with Crippen molar-refractivity contribution in [2.75, 3.05) is 0 Å². The van der Waals surface area contributed by atoms with E-state index in [9.17, 15) is 4.79 Å². The Morgan fingerprint density at radius 2 is 2.11 bits per heavy atom. The molecule has 5 nitrogen and oxygen atoms in total. The van der Waals surface area contributed by atoms with Crippen LogP contribution in [0.25, 0.3) is 11.3 Å². The summed E-state index contributed by atoms with van der Waals surface area (Å²) >= 11 is 5.82. The van der Waals surface area contributed by atoms with Gasteiger partial charge in [0.1, 0.15) is 5.69 Å². The molecule has 2 rings (SSSR count). The maximum atomic E-state index is 11.4. The molecule has 19 heavy (non-hydrogen) atoms. The first-order valence-corrected chi connectivity index (χ1v) is 5.99. The molecule has 0 radical (unpaired) electrons. The topological polar surface area (TPSA) is 84.7 Å². The predicted octanol–water partition coefficient (Wildman–Crippen LogP) is 2.22. The minimum atomic E-state index is -0.548. The Kier molecular flexibility index (Phi) is 3.83. The van der Waals surface area contributed by atoms with Crippen LogP contribution in [-0.2, 0) is 6.54 Å². The van der Waals surface area contributed by atoms with E-state index in [1.807, 2.05) is 6.07 Å². The van der Waals surface area contributed by atoms with Gasteiger partial charge in [0.05, 0.1) is 24.6 Å². The first-order chi connectivity index (χ1) is 9.11. The molecule has 1 aromatic carbocycles. The van der Waals surface area contributed by atoms with Crippen LogP contribution in [0, 0.1) is 11.3 Å². The number of carbonyl (C=O) groups excluding carboxylic acids is 1. The van der Waals surface area contributed by atoms with Gasteiger partial charge in [-0.25, -0.2) is 0 Å². The van der Waals surface area contributed by atoms with Gasteiger partial charge in [-0.1, -0.05) is 23.7 Å². The van der Waals surface area contributed by atoms with E-state index >= 15 is 0 Å². The van der Waals surface area contributed by atoms with Crippen LogP contribution < -0.4 is 5.73 Å². The summed E-state index contributed by atoms with van der Waals surface area (Å²) in [6.45, 7) is 0.421. The fraction of sp³-hybridized carbons (Fsp3) is 0.154. The van der Waals surface area contributed by atoms with Gasteiger partial charge in [0.2, 0.25) is 0 Å². The number of nitrogens with two attached hydrogens (primary N) is 1. The third kappa shape index (κ3) is 2.92. The number of aromatic nitrogens is 2. The average Bonchev–Trinajstić information content (AvgIpc) is 2.81. The molecule has 0 aliphatic rings. The summed E-state index contributed by atoms with van der Waals surface area (Å²) < 4.78 is 1.55. The Balaban J connectivity index is 2.43. The molecule has 1 amide bonds. The first kappa shape index (κ1) is 13.1. The van der Waals surface area contributed by atoms with Gasteiger partial charge < -0.3 is 5.73 Å². The van der Waals surface area contributed by atoms with Crippen LogP contribution in [0.5, 0.6) is 0 Å². The second kappa shape index (κ2) is 5.55. The number of benzene rings is 1. The lowest BCUT2D eigenvalue weighted by Gasteiger charge is -1.99. The molecule has 2 aromatic rings. The molecule has 0 saturated carbocycles. The molecule has 0 aliphatic heterocycles. The van der Waals surface area contributed by atoms with Crippen LogP contribution in [0.2, 0.25) is 5.02 Å². The highest BCUT2D eigenvalue weighted by Gasteiger charge is 2.15. The highest BCUT2D eigenvalue weighted by Crippen LogP contribution is 2.23. The Morgan fingerprint density at radius 1 is 1.42 bits per heavy atom. The smallest absolute Gasteiger partial charge is 0.252 e. The number of amides is 1. The van der Waals surface area contributed by atoms with Crippen molar-refractivity contribution in [2.45, 2.75) is 13.0 Å². The number of rotatable bonds is 4.